The highest BCUT2D eigenvalue weighted by Gasteiger charge is 2.07. The Morgan fingerprint density at radius 1 is 1.36 bits per heavy atom. The first-order valence-corrected chi connectivity index (χ1v) is 4.73. The molecule has 0 radical (unpaired) electrons. The highest BCUT2D eigenvalue weighted by atomic mass is 35.5. The van der Waals surface area contributed by atoms with Crippen LogP contribution in [0, 0.1) is 0 Å². The Morgan fingerprint density at radius 2 is 2.00 bits per heavy atom. The number of hydrogen-bond donors (Lipinski definition) is 1. The molecular weight excluding hydrogens is 221 g/mol. The molecule has 1 aromatic rings. The number of nitrogen functional groups attached to an aromatic ring is 1. The van der Waals surface area contributed by atoms with Crippen molar-refractivity contribution in [3.8, 4) is 0 Å². The van der Waals surface area contributed by atoms with Crippen molar-refractivity contribution < 1.29 is 4.79 Å². The highest BCUT2D eigenvalue weighted by Crippen LogP contribution is 2.13. The number of hydrogen-bond acceptors (Lipinski definition) is 2. The van der Waals surface area contributed by atoms with Gasteiger partial charge in [0, 0.05) is 23.6 Å². The van der Waals surface area contributed by atoms with Crippen LogP contribution in [-0.2, 0) is 0 Å². The number of benzene rings is 1. The maximum Gasteiger partial charge on any atom is 0.164 e. The van der Waals surface area contributed by atoms with E-state index >= 15 is 0 Å². The van der Waals surface area contributed by atoms with Gasteiger partial charge in [-0.25, -0.2) is 0 Å². The van der Waals surface area contributed by atoms with E-state index in [0.29, 0.717) is 30.0 Å². The Labute approximate surface area is 94.8 Å². The lowest BCUT2D eigenvalue weighted by Crippen LogP contribution is -2.03. The number of anilines is 1. The smallest absolute Gasteiger partial charge is 0.164 e. The van der Waals surface area contributed by atoms with E-state index < -0.39 is 0 Å². The molecule has 0 saturated carbocycles. The maximum atomic E-state index is 11.5. The SMILES string of the molecule is Cl.Nc1ccccc1C(=O)CCCCl. The molecule has 0 aliphatic rings. The van der Waals surface area contributed by atoms with Crippen LogP contribution in [0.1, 0.15) is 23.2 Å². The predicted octanol–water partition coefficient (Wildman–Crippen LogP) is 2.89. The van der Waals surface area contributed by atoms with Gasteiger partial charge in [0.25, 0.3) is 0 Å². The number of Topliss-reactive ketones (excluding diaryl/α,β-unsaturated/α-hetero) is 1. The van der Waals surface area contributed by atoms with Crippen molar-refractivity contribution in [2.45, 2.75) is 12.8 Å². The molecule has 1 rings (SSSR count). The minimum Gasteiger partial charge on any atom is -0.398 e. The summed E-state index contributed by atoms with van der Waals surface area (Å²) in [5.41, 5.74) is 6.79. The van der Waals surface area contributed by atoms with Crippen molar-refractivity contribution >= 4 is 35.5 Å². The van der Waals surface area contributed by atoms with Crippen LogP contribution >= 0.6 is 24.0 Å². The minimum atomic E-state index is 0. The summed E-state index contributed by atoms with van der Waals surface area (Å²) in [6.45, 7) is 0. The summed E-state index contributed by atoms with van der Waals surface area (Å²) in [5, 5.41) is 0. The molecule has 0 fully saturated rings. The molecule has 0 amide bonds. The van der Waals surface area contributed by atoms with Crippen molar-refractivity contribution in [3.63, 3.8) is 0 Å². The van der Waals surface area contributed by atoms with E-state index in [1.807, 2.05) is 12.1 Å². The van der Waals surface area contributed by atoms with E-state index in [2.05, 4.69) is 0 Å². The van der Waals surface area contributed by atoms with Crippen LogP contribution in [0.25, 0.3) is 0 Å². The zero-order chi connectivity index (χ0) is 9.68. The maximum absolute atomic E-state index is 11.5. The predicted molar refractivity (Wildman–Crippen MR) is 62.4 cm³/mol. The number of carbonyl (C=O) groups excluding carboxylic acids is 1. The van der Waals surface area contributed by atoms with Gasteiger partial charge in [-0.2, -0.15) is 0 Å². The summed E-state index contributed by atoms with van der Waals surface area (Å²) in [4.78, 5) is 11.5. The van der Waals surface area contributed by atoms with Crippen molar-refractivity contribution in [2.75, 3.05) is 11.6 Å². The van der Waals surface area contributed by atoms with Gasteiger partial charge in [0.1, 0.15) is 0 Å². The van der Waals surface area contributed by atoms with Crippen molar-refractivity contribution in [2.24, 2.45) is 0 Å². The third-order valence-corrected chi connectivity index (χ3v) is 2.07. The van der Waals surface area contributed by atoms with E-state index in [-0.39, 0.29) is 18.2 Å². The van der Waals surface area contributed by atoms with Crippen molar-refractivity contribution in [1.29, 1.82) is 0 Å². The topological polar surface area (TPSA) is 43.1 Å². The van der Waals surface area contributed by atoms with E-state index in [4.69, 9.17) is 17.3 Å². The van der Waals surface area contributed by atoms with Gasteiger partial charge >= 0.3 is 0 Å². The Hall–Kier alpha value is -0.730. The van der Waals surface area contributed by atoms with E-state index in [1.165, 1.54) is 0 Å². The lowest BCUT2D eigenvalue weighted by atomic mass is 10.1. The molecule has 0 bridgehead atoms. The number of rotatable bonds is 4. The van der Waals surface area contributed by atoms with Gasteiger partial charge in [0.2, 0.25) is 0 Å². The molecule has 0 aliphatic heterocycles. The first kappa shape index (κ1) is 13.3. The molecule has 2 N–H and O–H groups in total. The largest absolute Gasteiger partial charge is 0.398 e. The number of nitrogens with two attached hydrogens (primary N) is 1. The molecule has 0 aliphatic carbocycles. The molecule has 0 saturated heterocycles. The molecule has 0 aromatic heterocycles. The van der Waals surface area contributed by atoms with Gasteiger partial charge < -0.3 is 5.73 Å². The Kier molecular flexibility index (Phi) is 6.34. The minimum absolute atomic E-state index is 0. The zero-order valence-corrected chi connectivity index (χ0v) is 9.27. The lowest BCUT2D eigenvalue weighted by molar-refractivity contribution is 0.0983. The van der Waals surface area contributed by atoms with Crippen molar-refractivity contribution in [1.82, 2.24) is 0 Å². The summed E-state index contributed by atoms with van der Waals surface area (Å²) < 4.78 is 0. The van der Waals surface area contributed by atoms with E-state index in [9.17, 15) is 4.79 Å². The van der Waals surface area contributed by atoms with Crippen LogP contribution in [0.15, 0.2) is 24.3 Å². The first-order valence-electron chi connectivity index (χ1n) is 4.19. The summed E-state index contributed by atoms with van der Waals surface area (Å²) in [7, 11) is 0. The van der Waals surface area contributed by atoms with E-state index in [0.717, 1.165) is 0 Å². The molecule has 0 spiro atoms. The summed E-state index contributed by atoms with van der Waals surface area (Å²) in [5.74, 6) is 0.581. The van der Waals surface area contributed by atoms with Gasteiger partial charge in [-0.3, -0.25) is 4.79 Å². The van der Waals surface area contributed by atoms with Crippen LogP contribution < -0.4 is 5.73 Å². The third-order valence-electron chi connectivity index (χ3n) is 1.80. The summed E-state index contributed by atoms with van der Waals surface area (Å²) in [6.07, 6.45) is 1.17. The van der Waals surface area contributed by atoms with Crippen LogP contribution in [0.2, 0.25) is 0 Å². The lowest BCUT2D eigenvalue weighted by Gasteiger charge is -2.02. The van der Waals surface area contributed by atoms with Crippen LogP contribution in [-0.4, -0.2) is 11.7 Å². The molecular formula is C10H13Cl2NO. The van der Waals surface area contributed by atoms with Crippen molar-refractivity contribution in [3.05, 3.63) is 29.8 Å². The second-order valence-electron chi connectivity index (χ2n) is 2.80. The summed E-state index contributed by atoms with van der Waals surface area (Å²) >= 11 is 5.49. The van der Waals surface area contributed by atoms with Crippen LogP contribution in [0.4, 0.5) is 5.69 Å². The van der Waals surface area contributed by atoms with Crippen LogP contribution in [0.3, 0.4) is 0 Å². The molecule has 14 heavy (non-hydrogen) atoms. The fraction of sp³-hybridized carbons (Fsp3) is 0.300. The number of halogens is 2. The molecule has 0 unspecified atom stereocenters. The monoisotopic (exact) mass is 233 g/mol. The molecule has 0 heterocycles. The Balaban J connectivity index is 0.00000169. The highest BCUT2D eigenvalue weighted by molar-refractivity contribution is 6.18. The van der Waals surface area contributed by atoms with Crippen LogP contribution in [0.5, 0.6) is 0 Å². The fourth-order valence-electron chi connectivity index (χ4n) is 1.11. The Bertz CT molecular complexity index is 302. The molecule has 4 heteroatoms. The van der Waals surface area contributed by atoms with Gasteiger partial charge in [-0.15, -0.1) is 24.0 Å². The third kappa shape index (κ3) is 3.56. The first-order chi connectivity index (χ1) is 6.25. The number of carbonyl (C=O) groups is 1. The van der Waals surface area contributed by atoms with Gasteiger partial charge in [-0.05, 0) is 18.6 Å². The fourth-order valence-corrected chi connectivity index (χ4v) is 1.25. The molecule has 1 aromatic carbocycles. The molecule has 2 nitrogen and oxygen atoms in total. The number of para-hydroxylation sites is 1. The second kappa shape index (κ2) is 6.68. The van der Waals surface area contributed by atoms with Gasteiger partial charge in [0.15, 0.2) is 5.78 Å². The average Bonchev–Trinajstić information content (AvgIpc) is 2.15. The second-order valence-corrected chi connectivity index (χ2v) is 3.18. The summed E-state index contributed by atoms with van der Waals surface area (Å²) in [6, 6.07) is 7.10. The number of alkyl halides is 1. The quantitative estimate of drug-likeness (QED) is 0.494. The normalized spacial score (nSPS) is 9.21. The Morgan fingerprint density at radius 3 is 2.57 bits per heavy atom. The number of ketones is 1. The average molecular weight is 234 g/mol. The zero-order valence-electron chi connectivity index (χ0n) is 7.70. The standard InChI is InChI=1S/C10H12ClNO.ClH/c11-7-3-6-10(13)8-4-1-2-5-9(8)12;/h1-2,4-5H,3,6-7,12H2;1H. The molecule has 78 valence electrons. The van der Waals surface area contributed by atoms with Gasteiger partial charge in [0.05, 0.1) is 0 Å². The van der Waals surface area contributed by atoms with Gasteiger partial charge in [-0.1, -0.05) is 12.1 Å². The van der Waals surface area contributed by atoms with E-state index in [1.54, 1.807) is 12.1 Å². The molecule has 0 atom stereocenters.